The van der Waals surface area contributed by atoms with Crippen molar-refractivity contribution >= 4 is 40.9 Å². The molecule has 30 heavy (non-hydrogen) atoms. The maximum atomic E-state index is 13.3. The van der Waals surface area contributed by atoms with E-state index in [2.05, 4.69) is 0 Å². The van der Waals surface area contributed by atoms with Crippen LogP contribution in [0.5, 0.6) is 5.75 Å². The van der Waals surface area contributed by atoms with Gasteiger partial charge in [0.25, 0.3) is 5.91 Å². The van der Waals surface area contributed by atoms with Crippen LogP contribution in [0.3, 0.4) is 0 Å². The highest BCUT2D eigenvalue weighted by Gasteiger charge is 2.29. The van der Waals surface area contributed by atoms with Crippen molar-refractivity contribution in [2.45, 2.75) is 6.54 Å². The summed E-state index contributed by atoms with van der Waals surface area (Å²) in [6, 6.07) is 22.9. The molecule has 5 heteroatoms. The van der Waals surface area contributed by atoms with E-state index in [1.54, 1.807) is 36.3 Å². The summed E-state index contributed by atoms with van der Waals surface area (Å²) in [6.07, 6.45) is 3.63. The number of ether oxygens (including phenoxy) is 1. The van der Waals surface area contributed by atoms with Crippen LogP contribution in [-0.2, 0) is 11.3 Å². The number of benzene rings is 3. The second-order valence-corrected chi connectivity index (χ2v) is 7.68. The zero-order valence-corrected chi connectivity index (χ0v) is 17.8. The Morgan fingerprint density at radius 3 is 2.20 bits per heavy atom. The minimum atomic E-state index is -0.0966. The molecule has 0 spiro atoms. The molecule has 0 atom stereocenters. The zero-order valence-electron chi connectivity index (χ0n) is 16.3. The molecule has 1 aliphatic heterocycles. The second kappa shape index (κ2) is 8.78. The number of amides is 1. The molecule has 3 aromatic rings. The summed E-state index contributed by atoms with van der Waals surface area (Å²) in [5.74, 6) is 0.664. The molecule has 0 fully saturated rings. The monoisotopic (exact) mass is 435 g/mol. The third-order valence-corrected chi connectivity index (χ3v) is 5.60. The predicted molar refractivity (Wildman–Crippen MR) is 122 cm³/mol. The van der Waals surface area contributed by atoms with Crippen molar-refractivity contribution in [2.24, 2.45) is 0 Å². The normalized spacial score (nSPS) is 14.9. The first-order valence-corrected chi connectivity index (χ1v) is 10.2. The first-order valence-electron chi connectivity index (χ1n) is 9.44. The Morgan fingerprint density at radius 1 is 0.900 bits per heavy atom. The molecule has 0 aliphatic carbocycles. The lowest BCUT2D eigenvalue weighted by atomic mass is 10.1. The summed E-state index contributed by atoms with van der Waals surface area (Å²) < 4.78 is 5.26. The first-order chi connectivity index (χ1) is 14.6. The van der Waals surface area contributed by atoms with E-state index in [9.17, 15) is 4.79 Å². The van der Waals surface area contributed by atoms with Crippen LogP contribution in [0.15, 0.2) is 84.4 Å². The second-order valence-electron chi connectivity index (χ2n) is 6.87. The molecule has 0 saturated carbocycles. The quantitative estimate of drug-likeness (QED) is 0.429. The van der Waals surface area contributed by atoms with Gasteiger partial charge in [-0.05, 0) is 59.7 Å². The standard InChI is InChI=1S/C25H19Cl2NO2/c1-30-20-12-10-18(11-13-20)24-15-19(14-21-22(26)8-5-9-23(21)27)25(29)28(24)16-17-6-3-2-4-7-17/h2-15H,16H2,1H3/b19-14+. The molecule has 1 amide bonds. The third-order valence-electron chi connectivity index (χ3n) is 4.94. The van der Waals surface area contributed by atoms with Crippen LogP contribution in [0.25, 0.3) is 11.8 Å². The molecule has 3 aromatic carbocycles. The van der Waals surface area contributed by atoms with E-state index in [1.807, 2.05) is 60.7 Å². The lowest BCUT2D eigenvalue weighted by molar-refractivity contribution is -0.123. The van der Waals surface area contributed by atoms with Crippen molar-refractivity contribution in [1.82, 2.24) is 4.90 Å². The number of hydrogen-bond donors (Lipinski definition) is 0. The maximum absolute atomic E-state index is 13.3. The van der Waals surface area contributed by atoms with Gasteiger partial charge < -0.3 is 9.64 Å². The molecule has 0 radical (unpaired) electrons. The number of carbonyl (C=O) groups excluding carboxylic acids is 1. The molecule has 1 heterocycles. The summed E-state index contributed by atoms with van der Waals surface area (Å²) in [5.41, 5.74) is 3.96. The van der Waals surface area contributed by atoms with Crippen LogP contribution in [-0.4, -0.2) is 17.9 Å². The molecule has 0 aromatic heterocycles. The van der Waals surface area contributed by atoms with E-state index >= 15 is 0 Å². The highest BCUT2D eigenvalue weighted by atomic mass is 35.5. The van der Waals surface area contributed by atoms with Gasteiger partial charge in [-0.25, -0.2) is 0 Å². The summed E-state index contributed by atoms with van der Waals surface area (Å²) >= 11 is 12.6. The number of nitrogens with zero attached hydrogens (tertiary/aromatic N) is 1. The highest BCUT2D eigenvalue weighted by molar-refractivity contribution is 6.37. The average Bonchev–Trinajstić information content (AvgIpc) is 3.07. The van der Waals surface area contributed by atoms with Crippen LogP contribution in [0.4, 0.5) is 0 Å². The Hall–Kier alpha value is -3.01. The molecule has 0 N–H and O–H groups in total. The lowest BCUT2D eigenvalue weighted by Gasteiger charge is -2.21. The van der Waals surface area contributed by atoms with E-state index in [0.29, 0.717) is 27.7 Å². The molecule has 150 valence electrons. The van der Waals surface area contributed by atoms with Gasteiger partial charge in [0, 0.05) is 21.2 Å². The smallest absolute Gasteiger partial charge is 0.258 e. The first kappa shape index (κ1) is 20.3. The summed E-state index contributed by atoms with van der Waals surface area (Å²) in [7, 11) is 1.63. The molecule has 3 nitrogen and oxygen atoms in total. The zero-order chi connectivity index (χ0) is 21.1. The number of rotatable bonds is 5. The summed E-state index contributed by atoms with van der Waals surface area (Å²) in [4.78, 5) is 15.1. The van der Waals surface area contributed by atoms with Crippen LogP contribution < -0.4 is 4.74 Å². The Kier molecular flexibility index (Phi) is 5.93. The van der Waals surface area contributed by atoms with Gasteiger partial charge in [-0.2, -0.15) is 0 Å². The molecule has 1 aliphatic rings. The van der Waals surface area contributed by atoms with E-state index in [4.69, 9.17) is 27.9 Å². The molecular weight excluding hydrogens is 417 g/mol. The van der Waals surface area contributed by atoms with Gasteiger partial charge in [0.2, 0.25) is 0 Å². The van der Waals surface area contributed by atoms with Gasteiger partial charge >= 0.3 is 0 Å². The van der Waals surface area contributed by atoms with Gasteiger partial charge in [-0.3, -0.25) is 4.79 Å². The van der Waals surface area contributed by atoms with Crippen LogP contribution in [0, 0.1) is 0 Å². The van der Waals surface area contributed by atoms with E-state index in [1.165, 1.54) is 0 Å². The van der Waals surface area contributed by atoms with Crippen molar-refractivity contribution < 1.29 is 9.53 Å². The molecule has 0 saturated heterocycles. The maximum Gasteiger partial charge on any atom is 0.258 e. The fourth-order valence-electron chi connectivity index (χ4n) is 3.38. The van der Waals surface area contributed by atoms with Gasteiger partial charge in [0.15, 0.2) is 0 Å². The topological polar surface area (TPSA) is 29.5 Å². The highest BCUT2D eigenvalue weighted by Crippen LogP contribution is 2.35. The van der Waals surface area contributed by atoms with E-state index < -0.39 is 0 Å². The molecule has 0 bridgehead atoms. The Morgan fingerprint density at radius 2 is 1.57 bits per heavy atom. The number of methoxy groups -OCH3 is 1. The van der Waals surface area contributed by atoms with Crippen molar-refractivity contribution in [3.8, 4) is 5.75 Å². The Balaban J connectivity index is 1.77. The minimum Gasteiger partial charge on any atom is -0.497 e. The average molecular weight is 436 g/mol. The Labute approximate surface area is 185 Å². The van der Waals surface area contributed by atoms with Crippen LogP contribution in [0.2, 0.25) is 10.0 Å². The molecule has 4 rings (SSSR count). The van der Waals surface area contributed by atoms with Crippen molar-refractivity contribution in [3.05, 3.63) is 111 Å². The van der Waals surface area contributed by atoms with Crippen LogP contribution >= 0.6 is 23.2 Å². The number of halogens is 2. The molecular formula is C25H19Cl2NO2. The predicted octanol–water partition coefficient (Wildman–Crippen LogP) is 6.47. The largest absolute Gasteiger partial charge is 0.497 e. The van der Waals surface area contributed by atoms with E-state index in [0.717, 1.165) is 22.6 Å². The summed E-state index contributed by atoms with van der Waals surface area (Å²) in [6.45, 7) is 0.463. The lowest BCUT2D eigenvalue weighted by Crippen LogP contribution is -2.25. The third kappa shape index (κ3) is 4.13. The molecule has 0 unspecified atom stereocenters. The van der Waals surface area contributed by atoms with Crippen molar-refractivity contribution in [3.63, 3.8) is 0 Å². The van der Waals surface area contributed by atoms with E-state index in [-0.39, 0.29) is 5.91 Å². The minimum absolute atomic E-state index is 0.0966. The fraction of sp³-hybridized carbons (Fsp3) is 0.0800. The van der Waals surface area contributed by atoms with Gasteiger partial charge in [-0.15, -0.1) is 0 Å². The van der Waals surface area contributed by atoms with Crippen molar-refractivity contribution in [2.75, 3.05) is 7.11 Å². The Bertz CT molecular complexity index is 1120. The van der Waals surface area contributed by atoms with Gasteiger partial charge in [-0.1, -0.05) is 59.6 Å². The van der Waals surface area contributed by atoms with Gasteiger partial charge in [0.1, 0.15) is 5.75 Å². The number of hydrogen-bond acceptors (Lipinski definition) is 2. The number of carbonyl (C=O) groups is 1. The van der Waals surface area contributed by atoms with Crippen molar-refractivity contribution in [1.29, 1.82) is 0 Å². The van der Waals surface area contributed by atoms with Gasteiger partial charge in [0.05, 0.1) is 19.4 Å². The van der Waals surface area contributed by atoms with Crippen LogP contribution in [0.1, 0.15) is 16.7 Å². The summed E-state index contributed by atoms with van der Waals surface area (Å²) in [5, 5.41) is 1.01. The SMILES string of the molecule is COc1ccc(C2=C/C(=C\c3c(Cl)cccc3Cl)C(=O)N2Cc2ccccc2)cc1. The fourth-order valence-corrected chi connectivity index (χ4v) is 3.89.